The molecule has 2 rings (SSSR count). The van der Waals surface area contributed by atoms with Crippen LogP contribution in [0.25, 0.3) is 0 Å². The summed E-state index contributed by atoms with van der Waals surface area (Å²) in [5, 5.41) is 12.1. The number of ether oxygens (including phenoxy) is 2. The van der Waals surface area contributed by atoms with Crippen LogP contribution in [0.2, 0.25) is 0 Å². The first-order valence-electron chi connectivity index (χ1n) is 6.88. The molecule has 1 aliphatic rings. The van der Waals surface area contributed by atoms with Gasteiger partial charge < -0.3 is 14.8 Å². The molecule has 1 aromatic carbocycles. The maximum absolute atomic E-state index is 12.7. The second kappa shape index (κ2) is 6.55. The summed E-state index contributed by atoms with van der Waals surface area (Å²) in [6, 6.07) is 4.90. The van der Waals surface area contributed by atoms with Crippen LogP contribution in [0.3, 0.4) is 0 Å². The van der Waals surface area contributed by atoms with Crippen molar-refractivity contribution in [3.63, 3.8) is 0 Å². The predicted molar refractivity (Wildman–Crippen MR) is 74.4 cm³/mol. The summed E-state index contributed by atoms with van der Waals surface area (Å²) in [5.41, 5.74) is -0.915. The zero-order valence-corrected chi connectivity index (χ0v) is 12.2. The van der Waals surface area contributed by atoms with Gasteiger partial charge in [-0.25, -0.2) is 0 Å². The lowest BCUT2D eigenvalue weighted by molar-refractivity contribution is -0.137. The number of benzene rings is 1. The number of hydrogen-bond donors (Lipinski definition) is 1. The molecular weight excluding hydrogens is 297 g/mol. The number of alkyl halides is 3. The Morgan fingerprint density at radius 1 is 1.36 bits per heavy atom. The average Bonchev–Trinajstić information content (AvgIpc) is 2.52. The molecule has 1 N–H and O–H groups in total. The highest BCUT2D eigenvalue weighted by Crippen LogP contribution is 2.32. The summed E-state index contributed by atoms with van der Waals surface area (Å²) in [6.45, 7) is 1.56. The van der Waals surface area contributed by atoms with Crippen LogP contribution in [0.1, 0.15) is 24.0 Å². The Labute approximate surface area is 126 Å². The summed E-state index contributed by atoms with van der Waals surface area (Å²) < 4.78 is 48.8. The van der Waals surface area contributed by atoms with Crippen LogP contribution < -0.4 is 5.32 Å². The van der Waals surface area contributed by atoms with Crippen molar-refractivity contribution in [2.45, 2.75) is 24.6 Å². The highest BCUT2D eigenvalue weighted by atomic mass is 19.4. The van der Waals surface area contributed by atoms with E-state index >= 15 is 0 Å². The number of methoxy groups -OCH3 is 1. The zero-order chi connectivity index (χ0) is 16.2. The van der Waals surface area contributed by atoms with Gasteiger partial charge in [0, 0.05) is 39.7 Å². The van der Waals surface area contributed by atoms with E-state index in [2.05, 4.69) is 5.32 Å². The SMILES string of the molecule is COC1(CNc2ccc(C(F)(F)F)cc2C#N)CCOCC1. The van der Waals surface area contributed by atoms with Crippen LogP contribution in [0.4, 0.5) is 18.9 Å². The van der Waals surface area contributed by atoms with E-state index in [1.54, 1.807) is 13.2 Å². The Balaban J connectivity index is 2.14. The van der Waals surface area contributed by atoms with Gasteiger partial charge in [0.15, 0.2) is 0 Å². The van der Waals surface area contributed by atoms with Crippen molar-refractivity contribution in [3.8, 4) is 6.07 Å². The minimum absolute atomic E-state index is 0.0341. The van der Waals surface area contributed by atoms with Crippen molar-refractivity contribution in [2.75, 3.05) is 32.2 Å². The lowest BCUT2D eigenvalue weighted by Crippen LogP contribution is -2.44. The maximum Gasteiger partial charge on any atom is 0.416 e. The largest absolute Gasteiger partial charge is 0.416 e. The maximum atomic E-state index is 12.7. The first kappa shape index (κ1) is 16.6. The molecule has 1 aliphatic heterocycles. The Kier molecular flexibility index (Phi) is 4.94. The Morgan fingerprint density at radius 2 is 2.05 bits per heavy atom. The molecule has 0 spiro atoms. The molecule has 0 aliphatic carbocycles. The fraction of sp³-hybridized carbons (Fsp3) is 0.533. The predicted octanol–water partition coefficient (Wildman–Crippen LogP) is 3.18. The van der Waals surface area contributed by atoms with Crippen molar-refractivity contribution in [2.24, 2.45) is 0 Å². The lowest BCUT2D eigenvalue weighted by Gasteiger charge is -2.36. The van der Waals surface area contributed by atoms with Gasteiger partial charge in [-0.3, -0.25) is 0 Å². The molecule has 0 radical (unpaired) electrons. The molecule has 0 amide bonds. The summed E-state index contributed by atoms with van der Waals surface area (Å²) in [7, 11) is 1.60. The van der Waals surface area contributed by atoms with Crippen LogP contribution in [0.15, 0.2) is 18.2 Å². The summed E-state index contributed by atoms with van der Waals surface area (Å²) in [5.74, 6) is 0. The van der Waals surface area contributed by atoms with Crippen molar-refractivity contribution >= 4 is 5.69 Å². The Hall–Kier alpha value is -1.78. The molecule has 0 aromatic heterocycles. The zero-order valence-electron chi connectivity index (χ0n) is 12.2. The number of halogens is 3. The average molecular weight is 314 g/mol. The van der Waals surface area contributed by atoms with Crippen LogP contribution in [-0.4, -0.2) is 32.5 Å². The van der Waals surface area contributed by atoms with Gasteiger partial charge >= 0.3 is 6.18 Å². The summed E-state index contributed by atoms with van der Waals surface area (Å²) in [6.07, 6.45) is -3.07. The first-order valence-corrected chi connectivity index (χ1v) is 6.88. The van der Waals surface area contributed by atoms with E-state index in [4.69, 9.17) is 14.7 Å². The van der Waals surface area contributed by atoms with Gasteiger partial charge in [0.05, 0.1) is 22.4 Å². The molecule has 1 aromatic rings. The highest BCUT2D eigenvalue weighted by Gasteiger charge is 2.33. The van der Waals surface area contributed by atoms with E-state index in [0.29, 0.717) is 38.3 Å². The summed E-state index contributed by atoms with van der Waals surface area (Å²) >= 11 is 0. The van der Waals surface area contributed by atoms with Gasteiger partial charge in [-0.05, 0) is 18.2 Å². The topological polar surface area (TPSA) is 54.3 Å². The number of hydrogen-bond acceptors (Lipinski definition) is 4. The first-order chi connectivity index (χ1) is 10.4. The standard InChI is InChI=1S/C15H17F3N2O2/c1-21-14(4-6-22-7-5-14)10-20-13-3-2-12(15(16,17)18)8-11(13)9-19/h2-3,8,20H,4-7,10H2,1H3. The van der Waals surface area contributed by atoms with Crippen molar-refractivity contribution in [1.82, 2.24) is 0 Å². The van der Waals surface area contributed by atoms with Crippen molar-refractivity contribution in [3.05, 3.63) is 29.3 Å². The molecular formula is C15H17F3N2O2. The van der Waals surface area contributed by atoms with Crippen molar-refractivity contribution in [1.29, 1.82) is 5.26 Å². The molecule has 0 bridgehead atoms. The van der Waals surface area contributed by atoms with Crippen LogP contribution in [-0.2, 0) is 15.7 Å². The third kappa shape index (κ3) is 3.70. The van der Waals surface area contributed by atoms with E-state index in [1.807, 2.05) is 0 Å². The number of nitrogens with zero attached hydrogens (tertiary/aromatic N) is 1. The molecule has 1 saturated heterocycles. The van der Waals surface area contributed by atoms with Gasteiger partial charge in [0.25, 0.3) is 0 Å². The third-order valence-electron chi connectivity index (χ3n) is 3.91. The van der Waals surface area contributed by atoms with Crippen LogP contribution in [0.5, 0.6) is 0 Å². The van der Waals surface area contributed by atoms with Gasteiger partial charge in [0.2, 0.25) is 0 Å². The second-order valence-corrected chi connectivity index (χ2v) is 5.22. The van der Waals surface area contributed by atoms with Crippen LogP contribution in [0, 0.1) is 11.3 Å². The highest BCUT2D eigenvalue weighted by molar-refractivity contribution is 5.59. The minimum atomic E-state index is -4.46. The van der Waals surface area contributed by atoms with E-state index in [9.17, 15) is 13.2 Å². The smallest absolute Gasteiger partial charge is 0.381 e. The molecule has 120 valence electrons. The Morgan fingerprint density at radius 3 is 2.59 bits per heavy atom. The molecule has 1 heterocycles. The molecule has 7 heteroatoms. The van der Waals surface area contributed by atoms with Crippen molar-refractivity contribution < 1.29 is 22.6 Å². The normalized spacial score (nSPS) is 17.8. The molecule has 4 nitrogen and oxygen atoms in total. The number of anilines is 1. The van der Waals surface area contributed by atoms with E-state index in [1.165, 1.54) is 6.07 Å². The molecule has 0 atom stereocenters. The monoisotopic (exact) mass is 314 g/mol. The van der Waals surface area contributed by atoms with E-state index in [0.717, 1.165) is 12.1 Å². The number of nitriles is 1. The second-order valence-electron chi connectivity index (χ2n) is 5.22. The van der Waals surface area contributed by atoms with E-state index in [-0.39, 0.29) is 5.56 Å². The molecule has 0 unspecified atom stereocenters. The summed E-state index contributed by atoms with van der Waals surface area (Å²) in [4.78, 5) is 0. The van der Waals surface area contributed by atoms with E-state index < -0.39 is 17.3 Å². The minimum Gasteiger partial charge on any atom is -0.381 e. The van der Waals surface area contributed by atoms with Gasteiger partial charge in [-0.15, -0.1) is 0 Å². The Bertz CT molecular complexity index is 561. The molecule has 1 fully saturated rings. The molecule has 22 heavy (non-hydrogen) atoms. The third-order valence-corrected chi connectivity index (χ3v) is 3.91. The quantitative estimate of drug-likeness (QED) is 0.927. The van der Waals surface area contributed by atoms with Crippen LogP contribution >= 0.6 is 0 Å². The fourth-order valence-corrected chi connectivity index (χ4v) is 2.42. The number of nitrogens with one attached hydrogen (secondary N) is 1. The number of rotatable bonds is 4. The van der Waals surface area contributed by atoms with Gasteiger partial charge in [-0.2, -0.15) is 18.4 Å². The van der Waals surface area contributed by atoms with Gasteiger partial charge in [0.1, 0.15) is 6.07 Å². The fourth-order valence-electron chi connectivity index (χ4n) is 2.42. The molecule has 0 saturated carbocycles. The lowest BCUT2D eigenvalue weighted by atomic mass is 9.93. The van der Waals surface area contributed by atoms with Gasteiger partial charge in [-0.1, -0.05) is 0 Å².